The van der Waals surface area contributed by atoms with Gasteiger partial charge in [-0.05, 0) is 24.1 Å². The van der Waals surface area contributed by atoms with Gasteiger partial charge in [0.15, 0.2) is 11.5 Å². The quantitative estimate of drug-likeness (QED) is 0.697. The molecular weight excluding hydrogens is 356 g/mol. The van der Waals surface area contributed by atoms with Gasteiger partial charge in [-0.2, -0.15) is 4.98 Å². The number of hydrogen-bond acceptors (Lipinski definition) is 7. The van der Waals surface area contributed by atoms with Crippen molar-refractivity contribution in [2.24, 2.45) is 0 Å². The molecule has 28 heavy (non-hydrogen) atoms. The van der Waals surface area contributed by atoms with Crippen LogP contribution in [0.25, 0.3) is 0 Å². The van der Waals surface area contributed by atoms with Gasteiger partial charge in [0.1, 0.15) is 5.82 Å². The van der Waals surface area contributed by atoms with Crippen LogP contribution in [0.1, 0.15) is 5.56 Å². The molecule has 0 saturated heterocycles. The van der Waals surface area contributed by atoms with E-state index in [1.807, 2.05) is 24.3 Å². The third-order valence-corrected chi connectivity index (χ3v) is 4.73. The van der Waals surface area contributed by atoms with Crippen LogP contribution in [0.5, 0.6) is 17.2 Å². The lowest BCUT2D eigenvalue weighted by molar-refractivity contribution is 0.324. The molecular formula is C21H22N4O3. The molecule has 1 N–H and O–H groups in total. The first-order chi connectivity index (χ1) is 13.7. The summed E-state index contributed by atoms with van der Waals surface area (Å²) in [5.41, 5.74) is 3.27. The summed E-state index contributed by atoms with van der Waals surface area (Å²) in [6.07, 6.45) is 2.76. The Labute approximate surface area is 163 Å². The van der Waals surface area contributed by atoms with Crippen molar-refractivity contribution in [2.75, 3.05) is 38.1 Å². The van der Waals surface area contributed by atoms with Crippen LogP contribution in [-0.2, 0) is 6.42 Å². The van der Waals surface area contributed by atoms with Crippen LogP contribution in [0.15, 0.2) is 48.7 Å². The molecule has 2 heterocycles. The van der Waals surface area contributed by atoms with Crippen molar-refractivity contribution in [1.82, 2.24) is 9.97 Å². The van der Waals surface area contributed by atoms with Crippen LogP contribution in [0.4, 0.5) is 23.1 Å². The highest BCUT2D eigenvalue weighted by Crippen LogP contribution is 2.40. The number of nitrogens with one attached hydrogen (secondary N) is 1. The minimum Gasteiger partial charge on any atom is -0.493 e. The molecule has 7 nitrogen and oxygen atoms in total. The molecule has 0 radical (unpaired) electrons. The van der Waals surface area contributed by atoms with Gasteiger partial charge < -0.3 is 24.4 Å². The number of benzene rings is 2. The fourth-order valence-electron chi connectivity index (χ4n) is 3.42. The number of aromatic nitrogens is 2. The normalized spacial score (nSPS) is 12.5. The lowest BCUT2D eigenvalue weighted by atomic mass is 10.2. The zero-order valence-corrected chi connectivity index (χ0v) is 16.1. The number of anilines is 4. The van der Waals surface area contributed by atoms with Gasteiger partial charge in [0.2, 0.25) is 11.7 Å². The Kier molecular flexibility index (Phi) is 4.89. The summed E-state index contributed by atoms with van der Waals surface area (Å²) in [6.45, 7) is 0.903. The fourth-order valence-corrected chi connectivity index (χ4v) is 3.42. The number of hydrogen-bond donors (Lipinski definition) is 1. The summed E-state index contributed by atoms with van der Waals surface area (Å²) in [5, 5.41) is 3.23. The number of para-hydroxylation sites is 1. The van der Waals surface area contributed by atoms with Gasteiger partial charge >= 0.3 is 0 Å². The molecule has 3 aromatic rings. The predicted octanol–water partition coefficient (Wildman–Crippen LogP) is 3.94. The van der Waals surface area contributed by atoms with Crippen LogP contribution < -0.4 is 24.4 Å². The van der Waals surface area contributed by atoms with E-state index in [-0.39, 0.29) is 0 Å². The summed E-state index contributed by atoms with van der Waals surface area (Å²) in [7, 11) is 4.75. The zero-order chi connectivity index (χ0) is 19.5. The molecule has 0 bridgehead atoms. The van der Waals surface area contributed by atoms with Gasteiger partial charge in [0, 0.05) is 36.2 Å². The Morgan fingerprint density at radius 1 is 0.964 bits per heavy atom. The van der Waals surface area contributed by atoms with Crippen LogP contribution in [0.3, 0.4) is 0 Å². The fraction of sp³-hybridized carbons (Fsp3) is 0.238. The first kappa shape index (κ1) is 17.9. The number of ether oxygens (including phenoxy) is 3. The van der Waals surface area contributed by atoms with E-state index in [2.05, 4.69) is 33.4 Å². The maximum absolute atomic E-state index is 5.41. The van der Waals surface area contributed by atoms with Gasteiger partial charge in [-0.25, -0.2) is 4.98 Å². The Bertz CT molecular complexity index is 968. The Balaban J connectivity index is 1.63. The third kappa shape index (κ3) is 3.26. The Morgan fingerprint density at radius 3 is 2.43 bits per heavy atom. The maximum atomic E-state index is 5.41. The Hall–Kier alpha value is -3.48. The monoisotopic (exact) mass is 378 g/mol. The van der Waals surface area contributed by atoms with Gasteiger partial charge in [-0.15, -0.1) is 0 Å². The second-order valence-corrected chi connectivity index (χ2v) is 6.31. The summed E-state index contributed by atoms with van der Waals surface area (Å²) < 4.78 is 16.2. The minimum atomic E-state index is 0.496. The second-order valence-electron chi connectivity index (χ2n) is 6.31. The largest absolute Gasteiger partial charge is 0.493 e. The van der Waals surface area contributed by atoms with Crippen LogP contribution in [0, 0.1) is 0 Å². The van der Waals surface area contributed by atoms with Crippen molar-refractivity contribution in [3.8, 4) is 17.2 Å². The Morgan fingerprint density at radius 2 is 1.71 bits per heavy atom. The van der Waals surface area contributed by atoms with E-state index in [4.69, 9.17) is 19.2 Å². The average Bonchev–Trinajstić information content (AvgIpc) is 3.17. The molecule has 0 unspecified atom stereocenters. The van der Waals surface area contributed by atoms with Gasteiger partial charge in [-0.3, -0.25) is 0 Å². The summed E-state index contributed by atoms with van der Waals surface area (Å²) in [5.74, 6) is 3.02. The molecule has 1 aliphatic heterocycles. The van der Waals surface area contributed by atoms with Crippen molar-refractivity contribution >= 4 is 23.1 Å². The molecule has 1 aromatic heterocycles. The third-order valence-electron chi connectivity index (χ3n) is 4.73. The molecule has 0 atom stereocenters. The number of methoxy groups -OCH3 is 3. The molecule has 0 saturated carbocycles. The first-order valence-electron chi connectivity index (χ1n) is 8.99. The molecule has 0 aliphatic carbocycles. The number of fused-ring (bicyclic) bond motifs is 1. The van der Waals surface area contributed by atoms with Crippen molar-refractivity contribution in [2.45, 2.75) is 6.42 Å². The minimum absolute atomic E-state index is 0.496. The number of nitrogens with zero attached hydrogens (tertiary/aromatic N) is 3. The molecule has 0 spiro atoms. The predicted molar refractivity (Wildman–Crippen MR) is 109 cm³/mol. The van der Waals surface area contributed by atoms with Crippen LogP contribution in [-0.4, -0.2) is 37.8 Å². The standard InChI is InChI=1S/C21H22N4O3/c1-26-17-12-15(13-18(27-2)20(17)28-3)23-21-22-10-8-19(24-21)25-11-9-14-6-4-5-7-16(14)25/h4-8,10,12-13H,9,11H2,1-3H3,(H,22,23,24). The van der Waals surface area contributed by atoms with Gasteiger partial charge in [0.25, 0.3) is 0 Å². The van der Waals surface area contributed by atoms with E-state index < -0.39 is 0 Å². The number of rotatable bonds is 6. The highest BCUT2D eigenvalue weighted by Gasteiger charge is 2.21. The first-order valence-corrected chi connectivity index (χ1v) is 8.99. The topological polar surface area (TPSA) is 68.7 Å². The molecule has 0 fully saturated rings. The van der Waals surface area contributed by atoms with Crippen LogP contribution >= 0.6 is 0 Å². The lowest BCUT2D eigenvalue weighted by Crippen LogP contribution is -2.15. The molecule has 144 valence electrons. The van der Waals surface area contributed by atoms with Crippen molar-refractivity contribution in [3.05, 3.63) is 54.2 Å². The average molecular weight is 378 g/mol. The maximum Gasteiger partial charge on any atom is 0.229 e. The van der Waals surface area contributed by atoms with E-state index in [1.54, 1.807) is 27.5 Å². The summed E-state index contributed by atoms with van der Waals surface area (Å²) in [4.78, 5) is 11.3. The van der Waals surface area contributed by atoms with Gasteiger partial charge in [0.05, 0.1) is 21.3 Å². The second kappa shape index (κ2) is 7.64. The van der Waals surface area contributed by atoms with E-state index in [9.17, 15) is 0 Å². The summed E-state index contributed by atoms with van der Waals surface area (Å²) in [6, 6.07) is 14.0. The highest BCUT2D eigenvalue weighted by molar-refractivity contribution is 5.69. The van der Waals surface area contributed by atoms with Gasteiger partial charge in [-0.1, -0.05) is 18.2 Å². The van der Waals surface area contributed by atoms with Crippen LogP contribution in [0.2, 0.25) is 0 Å². The molecule has 4 rings (SSSR count). The van der Waals surface area contributed by atoms with Crippen molar-refractivity contribution in [1.29, 1.82) is 0 Å². The molecule has 1 aliphatic rings. The zero-order valence-electron chi connectivity index (χ0n) is 16.1. The summed E-state index contributed by atoms with van der Waals surface area (Å²) >= 11 is 0. The van der Waals surface area contributed by atoms with E-state index in [0.717, 1.165) is 24.5 Å². The van der Waals surface area contributed by atoms with Crippen molar-refractivity contribution in [3.63, 3.8) is 0 Å². The lowest BCUT2D eigenvalue weighted by Gasteiger charge is -2.19. The van der Waals surface area contributed by atoms with E-state index >= 15 is 0 Å². The molecule has 2 aromatic carbocycles. The molecule has 7 heteroatoms. The SMILES string of the molecule is COc1cc(Nc2nccc(N3CCc4ccccc43)n2)cc(OC)c1OC. The molecule has 0 amide bonds. The van der Waals surface area contributed by atoms with Crippen molar-refractivity contribution < 1.29 is 14.2 Å². The highest BCUT2D eigenvalue weighted by atomic mass is 16.5. The smallest absolute Gasteiger partial charge is 0.229 e. The van der Waals surface area contributed by atoms with E-state index in [1.165, 1.54) is 11.3 Å². The van der Waals surface area contributed by atoms with E-state index in [0.29, 0.717) is 23.2 Å².